The fraction of sp³-hybridized carbons (Fsp3) is 0.231. The second-order valence-electron chi connectivity index (χ2n) is 7.74. The minimum atomic E-state index is -0.263. The molecule has 0 spiro atoms. The minimum Gasteiger partial charge on any atom is -0.495 e. The summed E-state index contributed by atoms with van der Waals surface area (Å²) in [4.78, 5) is 25.0. The Morgan fingerprint density at radius 3 is 2.03 bits per heavy atom. The van der Waals surface area contributed by atoms with Crippen LogP contribution in [0.2, 0.25) is 0 Å². The number of hydrogen-bond donors (Lipinski definition) is 2. The van der Waals surface area contributed by atoms with E-state index in [2.05, 4.69) is 24.5 Å². The van der Waals surface area contributed by atoms with Gasteiger partial charge in [0.05, 0.1) is 19.4 Å². The van der Waals surface area contributed by atoms with Crippen molar-refractivity contribution in [3.8, 4) is 11.5 Å². The average Bonchev–Trinajstić information content (AvgIpc) is 2.80. The van der Waals surface area contributed by atoms with Gasteiger partial charge in [-0.25, -0.2) is 0 Å². The first-order chi connectivity index (χ1) is 15.5. The van der Waals surface area contributed by atoms with Crippen molar-refractivity contribution in [3.05, 3.63) is 83.9 Å². The lowest BCUT2D eigenvalue weighted by Crippen LogP contribution is -2.14. The van der Waals surface area contributed by atoms with Crippen molar-refractivity contribution in [2.75, 3.05) is 24.4 Å². The molecule has 3 aromatic rings. The van der Waals surface area contributed by atoms with Crippen molar-refractivity contribution < 1.29 is 19.1 Å². The van der Waals surface area contributed by atoms with Gasteiger partial charge in [0.15, 0.2) is 0 Å². The number of hydrogen-bond acceptors (Lipinski definition) is 4. The highest BCUT2D eigenvalue weighted by Gasteiger charge is 2.11. The molecule has 0 bridgehead atoms. The number of amides is 2. The van der Waals surface area contributed by atoms with Crippen molar-refractivity contribution in [3.63, 3.8) is 0 Å². The maximum absolute atomic E-state index is 12.5. The van der Waals surface area contributed by atoms with E-state index in [1.807, 2.05) is 12.1 Å². The molecule has 6 nitrogen and oxygen atoms in total. The van der Waals surface area contributed by atoms with Crippen molar-refractivity contribution in [1.82, 2.24) is 0 Å². The van der Waals surface area contributed by atoms with Gasteiger partial charge in [-0.2, -0.15) is 0 Å². The van der Waals surface area contributed by atoms with E-state index in [0.717, 1.165) is 12.2 Å². The lowest BCUT2D eigenvalue weighted by molar-refractivity contribution is 0.101. The average molecular weight is 433 g/mol. The van der Waals surface area contributed by atoms with Gasteiger partial charge in [-0.05, 0) is 73.0 Å². The van der Waals surface area contributed by atoms with Gasteiger partial charge in [-0.1, -0.05) is 26.0 Å². The van der Waals surface area contributed by atoms with Crippen molar-refractivity contribution in [2.24, 2.45) is 5.92 Å². The van der Waals surface area contributed by atoms with E-state index in [1.54, 1.807) is 67.8 Å². The van der Waals surface area contributed by atoms with E-state index in [0.29, 0.717) is 40.8 Å². The van der Waals surface area contributed by atoms with Crippen LogP contribution in [0.1, 0.15) is 41.0 Å². The van der Waals surface area contributed by atoms with Crippen LogP contribution in [-0.4, -0.2) is 25.5 Å². The molecule has 0 aliphatic carbocycles. The molecule has 0 saturated carbocycles. The molecule has 0 atom stereocenters. The molecule has 0 unspecified atom stereocenters. The Kier molecular flexibility index (Phi) is 7.86. The predicted octanol–water partition coefficient (Wildman–Crippen LogP) is 5.62. The van der Waals surface area contributed by atoms with Crippen molar-refractivity contribution in [2.45, 2.75) is 20.3 Å². The van der Waals surface area contributed by atoms with Crippen LogP contribution in [0.25, 0.3) is 0 Å². The fourth-order valence-electron chi connectivity index (χ4n) is 2.97. The van der Waals surface area contributed by atoms with E-state index in [1.165, 1.54) is 0 Å². The van der Waals surface area contributed by atoms with E-state index < -0.39 is 0 Å². The molecule has 0 aromatic heterocycles. The Hall–Kier alpha value is -3.80. The van der Waals surface area contributed by atoms with Gasteiger partial charge in [-0.3, -0.25) is 9.59 Å². The van der Waals surface area contributed by atoms with Gasteiger partial charge < -0.3 is 20.1 Å². The molecule has 0 heterocycles. The first kappa shape index (κ1) is 22.9. The molecule has 2 N–H and O–H groups in total. The summed E-state index contributed by atoms with van der Waals surface area (Å²) in [7, 11) is 1.55. The van der Waals surface area contributed by atoms with Crippen molar-refractivity contribution in [1.29, 1.82) is 0 Å². The van der Waals surface area contributed by atoms with E-state index in [-0.39, 0.29) is 11.8 Å². The van der Waals surface area contributed by atoms with Crippen LogP contribution < -0.4 is 20.1 Å². The Bertz CT molecular complexity index is 1040. The van der Waals surface area contributed by atoms with Gasteiger partial charge >= 0.3 is 0 Å². The van der Waals surface area contributed by atoms with E-state index in [9.17, 15) is 9.59 Å². The smallest absolute Gasteiger partial charge is 0.255 e. The third-order valence-electron chi connectivity index (χ3n) is 4.84. The number of nitrogens with one attached hydrogen (secondary N) is 2. The zero-order valence-electron chi connectivity index (χ0n) is 18.6. The van der Waals surface area contributed by atoms with Crippen LogP contribution in [0, 0.1) is 5.92 Å². The standard InChI is InChI=1S/C26H28N2O4/c1-18(2)16-17-32-22-14-10-20(11-15-22)25(29)27-21-12-8-19(9-13-21)26(30)28-23-6-4-5-7-24(23)31-3/h4-15,18H,16-17H2,1-3H3,(H,27,29)(H,28,30). The van der Waals surface area contributed by atoms with Crippen LogP contribution in [0.5, 0.6) is 11.5 Å². The number of benzene rings is 3. The van der Waals surface area contributed by atoms with Crippen LogP contribution in [0.4, 0.5) is 11.4 Å². The summed E-state index contributed by atoms with van der Waals surface area (Å²) in [6, 6.07) is 20.9. The SMILES string of the molecule is COc1ccccc1NC(=O)c1ccc(NC(=O)c2ccc(OCCC(C)C)cc2)cc1. The number of para-hydroxylation sites is 2. The fourth-order valence-corrected chi connectivity index (χ4v) is 2.97. The molecule has 32 heavy (non-hydrogen) atoms. The summed E-state index contributed by atoms with van der Waals surface area (Å²) in [5.74, 6) is 1.41. The summed E-state index contributed by atoms with van der Waals surface area (Å²) in [5, 5.41) is 5.66. The molecular formula is C26H28N2O4. The number of rotatable bonds is 9. The van der Waals surface area contributed by atoms with Gasteiger partial charge in [0.1, 0.15) is 11.5 Å². The monoisotopic (exact) mass is 432 g/mol. The van der Waals surface area contributed by atoms with Gasteiger partial charge in [0.25, 0.3) is 11.8 Å². The molecule has 3 rings (SSSR count). The zero-order valence-corrected chi connectivity index (χ0v) is 18.6. The molecule has 166 valence electrons. The summed E-state index contributed by atoms with van der Waals surface area (Å²) < 4.78 is 10.9. The van der Waals surface area contributed by atoms with Crippen LogP contribution in [0.3, 0.4) is 0 Å². The number of ether oxygens (including phenoxy) is 2. The predicted molar refractivity (Wildman–Crippen MR) is 127 cm³/mol. The maximum atomic E-state index is 12.5. The Balaban J connectivity index is 1.56. The molecule has 6 heteroatoms. The van der Waals surface area contributed by atoms with Crippen molar-refractivity contribution >= 4 is 23.2 Å². The molecule has 0 aliphatic heterocycles. The zero-order chi connectivity index (χ0) is 22.9. The Morgan fingerprint density at radius 1 is 0.812 bits per heavy atom. The maximum Gasteiger partial charge on any atom is 0.255 e. The van der Waals surface area contributed by atoms with Gasteiger partial charge in [-0.15, -0.1) is 0 Å². The second kappa shape index (κ2) is 11.0. The Morgan fingerprint density at radius 2 is 1.41 bits per heavy atom. The highest BCUT2D eigenvalue weighted by molar-refractivity contribution is 6.06. The lowest BCUT2D eigenvalue weighted by Gasteiger charge is -2.11. The number of anilines is 2. The lowest BCUT2D eigenvalue weighted by atomic mass is 10.1. The Labute approximate surface area is 188 Å². The molecule has 3 aromatic carbocycles. The number of methoxy groups -OCH3 is 1. The summed E-state index contributed by atoms with van der Waals surface area (Å²) >= 11 is 0. The molecule has 0 fully saturated rings. The van der Waals surface area contributed by atoms with E-state index >= 15 is 0 Å². The highest BCUT2D eigenvalue weighted by Crippen LogP contribution is 2.24. The highest BCUT2D eigenvalue weighted by atomic mass is 16.5. The third-order valence-corrected chi connectivity index (χ3v) is 4.84. The second-order valence-corrected chi connectivity index (χ2v) is 7.74. The third kappa shape index (κ3) is 6.35. The molecule has 0 saturated heterocycles. The molecule has 2 amide bonds. The summed E-state index contributed by atoms with van der Waals surface area (Å²) in [6.45, 7) is 4.95. The number of carbonyl (C=O) groups excluding carboxylic acids is 2. The normalized spacial score (nSPS) is 10.5. The first-order valence-electron chi connectivity index (χ1n) is 10.5. The molecule has 0 radical (unpaired) electrons. The number of carbonyl (C=O) groups is 2. The van der Waals surface area contributed by atoms with Gasteiger partial charge in [0.2, 0.25) is 0 Å². The van der Waals surface area contributed by atoms with Crippen LogP contribution in [0.15, 0.2) is 72.8 Å². The largest absolute Gasteiger partial charge is 0.495 e. The minimum absolute atomic E-state index is 0.232. The molecular weight excluding hydrogens is 404 g/mol. The topological polar surface area (TPSA) is 76.7 Å². The first-order valence-corrected chi connectivity index (χ1v) is 10.5. The summed E-state index contributed by atoms with van der Waals surface area (Å²) in [5.41, 5.74) is 2.19. The van der Waals surface area contributed by atoms with E-state index in [4.69, 9.17) is 9.47 Å². The van der Waals surface area contributed by atoms with Crippen LogP contribution in [-0.2, 0) is 0 Å². The van der Waals surface area contributed by atoms with Gasteiger partial charge in [0, 0.05) is 16.8 Å². The quantitative estimate of drug-likeness (QED) is 0.460. The molecule has 0 aliphatic rings. The summed E-state index contributed by atoms with van der Waals surface area (Å²) in [6.07, 6.45) is 0.981. The van der Waals surface area contributed by atoms with Crippen LogP contribution >= 0.6 is 0 Å².